The number of hydrogen-bond donors (Lipinski definition) is 1. The van der Waals surface area contributed by atoms with Gasteiger partial charge in [-0.2, -0.15) is 0 Å². The van der Waals surface area contributed by atoms with Crippen LogP contribution in [0.5, 0.6) is 0 Å². The van der Waals surface area contributed by atoms with Gasteiger partial charge in [-0.25, -0.2) is 4.98 Å². The number of carbonyl (C=O) groups is 1. The second-order valence-corrected chi connectivity index (χ2v) is 10.7. The number of aromatic amines is 1. The van der Waals surface area contributed by atoms with Crippen LogP contribution in [0.15, 0.2) is 38.9 Å². The van der Waals surface area contributed by atoms with Crippen molar-refractivity contribution >= 4 is 50.4 Å². The van der Waals surface area contributed by atoms with Gasteiger partial charge in [-0.3, -0.25) is 9.59 Å². The van der Waals surface area contributed by atoms with Gasteiger partial charge >= 0.3 is 0 Å². The highest BCUT2D eigenvalue weighted by Crippen LogP contribution is 2.34. The van der Waals surface area contributed by atoms with Crippen LogP contribution in [0.1, 0.15) is 34.6 Å². The molecule has 0 spiro atoms. The van der Waals surface area contributed by atoms with Gasteiger partial charge in [-0.15, -0.1) is 22.7 Å². The molecule has 1 aliphatic heterocycles. The molecule has 5 rings (SSSR count). The van der Waals surface area contributed by atoms with Crippen LogP contribution in [0.2, 0.25) is 0 Å². The normalized spacial score (nSPS) is 16.2. The molecule has 1 N–H and O–H groups in total. The average Bonchev–Trinajstić information content (AvgIpc) is 3.56. The van der Waals surface area contributed by atoms with Gasteiger partial charge in [0.25, 0.3) is 5.56 Å². The number of thioether (sulfide) groups is 1. The highest BCUT2D eigenvalue weighted by Gasteiger charge is 2.21. The van der Waals surface area contributed by atoms with Crippen LogP contribution in [0, 0.1) is 13.8 Å². The number of hydrogen-bond acceptors (Lipinski definition) is 7. The fourth-order valence-corrected chi connectivity index (χ4v) is 6.74. The van der Waals surface area contributed by atoms with Gasteiger partial charge < -0.3 is 14.3 Å². The zero-order valence-electron chi connectivity index (χ0n) is 17.8. The molecular weight excluding hydrogens is 462 g/mol. The van der Waals surface area contributed by atoms with Gasteiger partial charge in [0.05, 0.1) is 17.2 Å². The van der Waals surface area contributed by atoms with Crippen molar-refractivity contribution < 1.29 is 9.53 Å². The Kier molecular flexibility index (Phi) is 6.07. The minimum atomic E-state index is -0.163. The third-order valence-corrected chi connectivity index (χ3v) is 8.48. The van der Waals surface area contributed by atoms with E-state index in [4.69, 9.17) is 4.74 Å². The maximum atomic E-state index is 13.0. The van der Waals surface area contributed by atoms with E-state index in [0.717, 1.165) is 53.4 Å². The number of ketones is 1. The van der Waals surface area contributed by atoms with E-state index in [-0.39, 0.29) is 23.2 Å². The average molecular weight is 486 g/mol. The Morgan fingerprint density at radius 3 is 3.00 bits per heavy atom. The van der Waals surface area contributed by atoms with E-state index in [1.807, 2.05) is 42.8 Å². The SMILES string of the molecule is Cc1cc(C(=O)CSc2nc3scc(-c4cccs4)c3c(=O)[nH]2)c(C)n1CC1CCCO1. The highest BCUT2D eigenvalue weighted by atomic mass is 32.2. The molecule has 0 amide bonds. The zero-order valence-corrected chi connectivity index (χ0v) is 20.3. The molecule has 0 aromatic carbocycles. The molecule has 166 valence electrons. The van der Waals surface area contributed by atoms with Crippen molar-refractivity contribution in [2.24, 2.45) is 0 Å². The summed E-state index contributed by atoms with van der Waals surface area (Å²) in [5, 5.41) is 5.06. The van der Waals surface area contributed by atoms with E-state index < -0.39 is 0 Å². The summed E-state index contributed by atoms with van der Waals surface area (Å²) >= 11 is 4.33. The maximum Gasteiger partial charge on any atom is 0.260 e. The van der Waals surface area contributed by atoms with Gasteiger partial charge in [0.1, 0.15) is 4.83 Å². The van der Waals surface area contributed by atoms with Gasteiger partial charge in [-0.05, 0) is 44.2 Å². The number of aryl methyl sites for hydroxylation is 1. The minimum absolute atomic E-state index is 0.0369. The summed E-state index contributed by atoms with van der Waals surface area (Å²) in [7, 11) is 0. The van der Waals surface area contributed by atoms with Crippen LogP contribution in [0.3, 0.4) is 0 Å². The third-order valence-electron chi connectivity index (χ3n) is 5.83. The molecule has 32 heavy (non-hydrogen) atoms. The van der Waals surface area contributed by atoms with Gasteiger partial charge in [0.15, 0.2) is 10.9 Å². The topological polar surface area (TPSA) is 77.0 Å². The lowest BCUT2D eigenvalue weighted by atomic mass is 10.2. The first-order valence-electron chi connectivity index (χ1n) is 10.5. The fourth-order valence-electron chi connectivity index (χ4n) is 4.18. The van der Waals surface area contributed by atoms with E-state index in [2.05, 4.69) is 14.5 Å². The summed E-state index contributed by atoms with van der Waals surface area (Å²) in [5.41, 5.74) is 3.52. The number of H-pyrrole nitrogens is 1. The summed E-state index contributed by atoms with van der Waals surface area (Å²) in [6, 6.07) is 5.93. The first kappa shape index (κ1) is 21.6. The third kappa shape index (κ3) is 4.10. The summed E-state index contributed by atoms with van der Waals surface area (Å²) in [5.74, 6) is 0.261. The Morgan fingerprint density at radius 2 is 2.25 bits per heavy atom. The quantitative estimate of drug-likeness (QED) is 0.219. The number of carbonyl (C=O) groups excluding carboxylic acids is 1. The Hall–Kier alpha value is -2.20. The highest BCUT2D eigenvalue weighted by molar-refractivity contribution is 7.99. The van der Waals surface area contributed by atoms with Crippen LogP contribution in [-0.2, 0) is 11.3 Å². The van der Waals surface area contributed by atoms with Gasteiger partial charge in [-0.1, -0.05) is 17.8 Å². The lowest BCUT2D eigenvalue weighted by molar-refractivity contribution is 0.0957. The van der Waals surface area contributed by atoms with Gasteiger partial charge in [0.2, 0.25) is 0 Å². The molecule has 4 aromatic rings. The molecule has 6 nitrogen and oxygen atoms in total. The van der Waals surface area contributed by atoms with E-state index in [0.29, 0.717) is 15.4 Å². The predicted octanol–water partition coefficient (Wildman–Crippen LogP) is 5.29. The Morgan fingerprint density at radius 1 is 1.38 bits per heavy atom. The van der Waals surface area contributed by atoms with Crippen molar-refractivity contribution in [2.75, 3.05) is 12.4 Å². The molecular formula is C23H23N3O3S3. The van der Waals surface area contributed by atoms with Crippen molar-refractivity contribution in [2.45, 2.75) is 44.5 Å². The van der Waals surface area contributed by atoms with E-state index in [1.54, 1.807) is 11.3 Å². The number of thiophene rings is 2. The Bertz CT molecular complexity index is 1330. The number of nitrogens with zero attached hydrogens (tertiary/aromatic N) is 2. The first-order valence-corrected chi connectivity index (χ1v) is 13.3. The zero-order chi connectivity index (χ0) is 22.2. The number of aromatic nitrogens is 3. The molecule has 1 saturated heterocycles. The van der Waals surface area contributed by atoms with Crippen LogP contribution < -0.4 is 5.56 Å². The Balaban J connectivity index is 1.32. The molecule has 1 atom stereocenters. The number of ether oxygens (including phenoxy) is 1. The smallest absolute Gasteiger partial charge is 0.260 e. The van der Waals surface area contributed by atoms with Crippen molar-refractivity contribution in [3.63, 3.8) is 0 Å². The number of rotatable bonds is 7. The number of Topliss-reactive ketones (excluding diaryl/α,β-unsaturated/α-hetero) is 1. The van der Waals surface area contributed by atoms with E-state index in [1.165, 1.54) is 23.1 Å². The number of nitrogens with one attached hydrogen (secondary N) is 1. The maximum absolute atomic E-state index is 13.0. The van der Waals surface area contributed by atoms with Crippen LogP contribution in [0.25, 0.3) is 20.7 Å². The predicted molar refractivity (Wildman–Crippen MR) is 131 cm³/mol. The van der Waals surface area contributed by atoms with Crippen molar-refractivity contribution in [3.05, 3.63) is 56.3 Å². The molecule has 4 aromatic heterocycles. The molecule has 0 bridgehead atoms. The second-order valence-electron chi connectivity index (χ2n) is 7.92. The van der Waals surface area contributed by atoms with Crippen LogP contribution in [-0.4, -0.2) is 38.8 Å². The van der Waals surface area contributed by atoms with Crippen LogP contribution >= 0.6 is 34.4 Å². The van der Waals surface area contributed by atoms with Crippen molar-refractivity contribution in [3.8, 4) is 10.4 Å². The summed E-state index contributed by atoms with van der Waals surface area (Å²) in [4.78, 5) is 34.9. The molecule has 1 unspecified atom stereocenters. The van der Waals surface area contributed by atoms with Crippen LogP contribution in [0.4, 0.5) is 0 Å². The molecule has 0 radical (unpaired) electrons. The Labute approximate surface area is 197 Å². The lowest BCUT2D eigenvalue weighted by Gasteiger charge is -2.14. The minimum Gasteiger partial charge on any atom is -0.376 e. The largest absolute Gasteiger partial charge is 0.376 e. The molecule has 9 heteroatoms. The van der Waals surface area contributed by atoms with Gasteiger partial charge in [0, 0.05) is 45.9 Å². The summed E-state index contributed by atoms with van der Waals surface area (Å²) in [6.45, 7) is 5.63. The molecule has 0 saturated carbocycles. The molecule has 1 aliphatic rings. The monoisotopic (exact) mass is 485 g/mol. The lowest BCUT2D eigenvalue weighted by Crippen LogP contribution is -2.17. The fraction of sp³-hybridized carbons (Fsp3) is 0.348. The first-order chi connectivity index (χ1) is 15.5. The van der Waals surface area contributed by atoms with E-state index in [9.17, 15) is 9.59 Å². The summed E-state index contributed by atoms with van der Waals surface area (Å²) in [6.07, 6.45) is 2.39. The van der Waals surface area contributed by atoms with E-state index >= 15 is 0 Å². The second kappa shape index (κ2) is 8.97. The molecule has 1 fully saturated rings. The van der Waals surface area contributed by atoms with Crippen molar-refractivity contribution in [1.29, 1.82) is 0 Å². The number of fused-ring (bicyclic) bond motifs is 1. The standard InChI is InChI=1S/C23H23N3O3S3/c1-13-9-16(14(2)26(13)10-15-5-3-7-29-15)18(27)12-32-23-24-21(28)20-17(11-31-22(20)25-23)19-6-4-8-30-19/h4,6,8-9,11,15H,3,5,7,10,12H2,1-2H3,(H,24,25,28). The molecule has 5 heterocycles. The molecule has 0 aliphatic carbocycles. The van der Waals surface area contributed by atoms with Crippen molar-refractivity contribution in [1.82, 2.24) is 14.5 Å². The summed E-state index contributed by atoms with van der Waals surface area (Å²) < 4.78 is 7.94.